The van der Waals surface area contributed by atoms with E-state index in [9.17, 15) is 5.11 Å². The molecule has 0 aliphatic heterocycles. The Bertz CT molecular complexity index is 737. The van der Waals surface area contributed by atoms with E-state index in [0.29, 0.717) is 11.2 Å². The lowest BCUT2D eigenvalue weighted by Gasteiger charge is -2.13. The molecule has 2 atom stereocenters. The Morgan fingerprint density at radius 3 is 2.83 bits per heavy atom. The van der Waals surface area contributed by atoms with Crippen molar-refractivity contribution in [3.8, 4) is 0 Å². The molecule has 0 unspecified atom stereocenters. The summed E-state index contributed by atoms with van der Waals surface area (Å²) in [7, 11) is 0. The van der Waals surface area contributed by atoms with Gasteiger partial charge in [0, 0.05) is 17.8 Å². The third-order valence-corrected chi connectivity index (χ3v) is 6.04. The fourth-order valence-electron chi connectivity index (χ4n) is 3.49. The van der Waals surface area contributed by atoms with Crippen molar-refractivity contribution in [2.75, 3.05) is 12.3 Å². The highest BCUT2D eigenvalue weighted by atomic mass is 32.2. The zero-order valence-electron chi connectivity index (χ0n) is 12.9. The molecule has 4 rings (SSSR count). The topological polar surface area (TPSA) is 89.8 Å². The number of fused-ring (bicyclic) bond motifs is 1. The van der Waals surface area contributed by atoms with Crippen LogP contribution in [0.2, 0.25) is 0 Å². The molecule has 2 heterocycles. The first-order valence-electron chi connectivity index (χ1n) is 8.20. The summed E-state index contributed by atoms with van der Waals surface area (Å²) in [4.78, 5) is 13.4. The Morgan fingerprint density at radius 1 is 1.26 bits per heavy atom. The minimum Gasteiger partial charge on any atom is -0.396 e. The maximum absolute atomic E-state index is 9.32. The number of anilines is 1. The fraction of sp³-hybridized carbons (Fsp3) is 0.562. The van der Waals surface area contributed by atoms with Gasteiger partial charge in [-0.3, -0.25) is 0 Å². The van der Waals surface area contributed by atoms with Crippen LogP contribution in [0.15, 0.2) is 23.5 Å². The van der Waals surface area contributed by atoms with E-state index in [-0.39, 0.29) is 18.6 Å². The normalized spacial score (nSPS) is 24.9. The van der Waals surface area contributed by atoms with Gasteiger partial charge in [0.15, 0.2) is 5.65 Å². The molecular weight excluding hydrogens is 310 g/mol. The molecule has 1 fully saturated rings. The van der Waals surface area contributed by atoms with Crippen LogP contribution in [0.1, 0.15) is 38.1 Å². The van der Waals surface area contributed by atoms with E-state index >= 15 is 0 Å². The number of nitrogens with two attached hydrogens (primary N) is 1. The van der Waals surface area contributed by atoms with E-state index in [1.54, 1.807) is 11.8 Å². The summed E-state index contributed by atoms with van der Waals surface area (Å²) in [6, 6.07) is 0.177. The molecule has 122 valence electrons. The number of hydrogen-bond acceptors (Lipinski definition) is 6. The van der Waals surface area contributed by atoms with Gasteiger partial charge < -0.3 is 15.4 Å². The Labute approximate surface area is 139 Å². The van der Waals surface area contributed by atoms with Crippen LogP contribution in [0, 0.1) is 5.92 Å². The number of nitrogens with zero attached hydrogens (tertiary/aromatic N) is 4. The van der Waals surface area contributed by atoms with Crippen LogP contribution in [0.4, 0.5) is 5.95 Å². The molecule has 2 aliphatic rings. The van der Waals surface area contributed by atoms with Crippen molar-refractivity contribution in [2.24, 2.45) is 5.92 Å². The number of thioether (sulfide) groups is 1. The van der Waals surface area contributed by atoms with E-state index in [4.69, 9.17) is 5.73 Å². The van der Waals surface area contributed by atoms with Crippen molar-refractivity contribution in [3.63, 3.8) is 0 Å². The molecule has 2 aliphatic carbocycles. The number of rotatable bonds is 4. The summed E-state index contributed by atoms with van der Waals surface area (Å²) in [6.45, 7) is 0.180. The summed E-state index contributed by atoms with van der Waals surface area (Å²) in [6.07, 6.45) is 11.9. The van der Waals surface area contributed by atoms with E-state index < -0.39 is 0 Å². The Kier molecular flexibility index (Phi) is 3.98. The van der Waals surface area contributed by atoms with Crippen molar-refractivity contribution in [1.29, 1.82) is 0 Å². The quantitative estimate of drug-likeness (QED) is 0.661. The van der Waals surface area contributed by atoms with Crippen LogP contribution >= 0.6 is 11.8 Å². The summed E-state index contributed by atoms with van der Waals surface area (Å²) < 4.78 is 2.05. The van der Waals surface area contributed by atoms with Crippen LogP contribution in [0.3, 0.4) is 0 Å². The summed E-state index contributed by atoms with van der Waals surface area (Å²) in [5, 5.41) is 10.8. The highest BCUT2D eigenvalue weighted by molar-refractivity contribution is 8.00. The predicted octanol–water partition coefficient (Wildman–Crippen LogP) is 2.55. The van der Waals surface area contributed by atoms with Gasteiger partial charge >= 0.3 is 0 Å². The van der Waals surface area contributed by atoms with Gasteiger partial charge in [0.25, 0.3) is 0 Å². The van der Waals surface area contributed by atoms with Gasteiger partial charge in [-0.25, -0.2) is 9.97 Å². The highest BCUT2D eigenvalue weighted by Gasteiger charge is 2.24. The van der Waals surface area contributed by atoms with Crippen LogP contribution in [-0.2, 0) is 0 Å². The molecule has 2 aromatic heterocycles. The number of imidazole rings is 1. The van der Waals surface area contributed by atoms with Gasteiger partial charge in [0.2, 0.25) is 5.95 Å². The summed E-state index contributed by atoms with van der Waals surface area (Å²) in [5.74, 6) is 0.518. The SMILES string of the molecule is Nc1nc(SC2CCCC2)c2ncn([C@@H]3C=C[C@H](CO)C3)c2n1. The molecule has 3 N–H and O–H groups in total. The second kappa shape index (κ2) is 6.13. The molecular formula is C16H21N5OS. The fourth-order valence-corrected chi connectivity index (χ4v) is 4.78. The molecule has 7 heteroatoms. The van der Waals surface area contributed by atoms with Gasteiger partial charge in [-0.1, -0.05) is 25.0 Å². The number of aromatic nitrogens is 4. The van der Waals surface area contributed by atoms with Gasteiger partial charge in [-0.15, -0.1) is 11.8 Å². The Balaban J connectivity index is 1.68. The van der Waals surface area contributed by atoms with Crippen molar-refractivity contribution in [3.05, 3.63) is 18.5 Å². The minimum atomic E-state index is 0.177. The average Bonchev–Trinajstić information content (AvgIpc) is 3.26. The second-order valence-electron chi connectivity index (χ2n) is 6.37. The molecule has 23 heavy (non-hydrogen) atoms. The maximum atomic E-state index is 9.32. The van der Waals surface area contributed by atoms with E-state index in [1.807, 2.05) is 6.33 Å². The molecule has 0 saturated heterocycles. The highest BCUT2D eigenvalue weighted by Crippen LogP contribution is 2.37. The average molecular weight is 331 g/mol. The molecule has 6 nitrogen and oxygen atoms in total. The molecule has 0 radical (unpaired) electrons. The zero-order chi connectivity index (χ0) is 15.8. The number of aliphatic hydroxyl groups excluding tert-OH is 1. The molecule has 2 aromatic rings. The van der Waals surface area contributed by atoms with Crippen LogP contribution in [0.5, 0.6) is 0 Å². The summed E-state index contributed by atoms with van der Waals surface area (Å²) >= 11 is 1.79. The molecule has 0 amide bonds. The molecule has 0 bridgehead atoms. The lowest BCUT2D eigenvalue weighted by Crippen LogP contribution is -2.09. The predicted molar refractivity (Wildman–Crippen MR) is 91.2 cm³/mol. The maximum Gasteiger partial charge on any atom is 0.223 e. The first-order chi connectivity index (χ1) is 11.2. The first kappa shape index (κ1) is 15.0. The van der Waals surface area contributed by atoms with Crippen molar-refractivity contribution in [1.82, 2.24) is 19.5 Å². The van der Waals surface area contributed by atoms with Crippen molar-refractivity contribution in [2.45, 2.75) is 48.4 Å². The Hall–Kier alpha value is -1.60. The van der Waals surface area contributed by atoms with E-state index in [2.05, 4.69) is 31.7 Å². The van der Waals surface area contributed by atoms with Gasteiger partial charge in [-0.05, 0) is 19.3 Å². The Morgan fingerprint density at radius 2 is 2.09 bits per heavy atom. The molecule has 1 saturated carbocycles. The smallest absolute Gasteiger partial charge is 0.223 e. The van der Waals surface area contributed by atoms with Crippen molar-refractivity contribution >= 4 is 28.9 Å². The van der Waals surface area contributed by atoms with Gasteiger partial charge in [0.05, 0.1) is 12.4 Å². The number of aliphatic hydroxyl groups is 1. The number of hydrogen-bond donors (Lipinski definition) is 2. The monoisotopic (exact) mass is 331 g/mol. The van der Waals surface area contributed by atoms with E-state index in [1.165, 1.54) is 25.7 Å². The zero-order valence-corrected chi connectivity index (χ0v) is 13.7. The lowest BCUT2D eigenvalue weighted by molar-refractivity contribution is 0.244. The third kappa shape index (κ3) is 2.83. The van der Waals surface area contributed by atoms with Crippen LogP contribution < -0.4 is 5.73 Å². The number of allylic oxidation sites excluding steroid dienone is 1. The standard InChI is InChI=1S/C16H21N5OS/c17-16-19-14-13(15(20-16)23-12-3-1-2-4-12)18-9-21(14)11-6-5-10(7-11)8-22/h5-6,9-12,22H,1-4,7-8H2,(H2,17,19,20)/t10-,11+/m0/s1. The largest absolute Gasteiger partial charge is 0.396 e. The van der Waals surface area contributed by atoms with Crippen molar-refractivity contribution < 1.29 is 5.11 Å². The third-order valence-electron chi connectivity index (χ3n) is 4.73. The molecule has 0 aromatic carbocycles. The van der Waals surface area contributed by atoms with Gasteiger partial charge in [0.1, 0.15) is 10.5 Å². The van der Waals surface area contributed by atoms with Gasteiger partial charge in [-0.2, -0.15) is 4.98 Å². The number of nitrogen functional groups attached to an aromatic ring is 1. The second-order valence-corrected chi connectivity index (χ2v) is 7.65. The van der Waals surface area contributed by atoms with Crippen LogP contribution in [0.25, 0.3) is 11.2 Å². The first-order valence-corrected chi connectivity index (χ1v) is 9.08. The summed E-state index contributed by atoms with van der Waals surface area (Å²) in [5.41, 5.74) is 7.59. The lowest BCUT2D eigenvalue weighted by atomic mass is 10.1. The minimum absolute atomic E-state index is 0.177. The van der Waals surface area contributed by atoms with Crippen LogP contribution in [-0.4, -0.2) is 36.5 Å². The van der Waals surface area contributed by atoms with E-state index in [0.717, 1.165) is 22.6 Å². The molecule has 0 spiro atoms.